The minimum Gasteiger partial charge on any atom is -0.497 e. The van der Waals surface area contributed by atoms with Gasteiger partial charge in [0, 0.05) is 10.9 Å². The molecule has 6 heteroatoms. The first-order chi connectivity index (χ1) is 9.06. The summed E-state index contributed by atoms with van der Waals surface area (Å²) < 4.78 is 10.4. The van der Waals surface area contributed by atoms with Crippen molar-refractivity contribution in [1.82, 2.24) is 4.98 Å². The first kappa shape index (κ1) is 13.4. The highest BCUT2D eigenvalue weighted by Gasteiger charge is 2.17. The molecule has 0 aliphatic rings. The molecule has 0 bridgehead atoms. The molecule has 2 aromatic rings. The third kappa shape index (κ3) is 2.53. The number of thiazole rings is 1. The Bertz CT molecular complexity index is 621. The zero-order valence-corrected chi connectivity index (χ0v) is 11.6. The monoisotopic (exact) mass is 279 g/mol. The molecule has 0 aliphatic heterocycles. The zero-order chi connectivity index (χ0) is 14.0. The fourth-order valence-electron chi connectivity index (χ4n) is 1.69. The summed E-state index contributed by atoms with van der Waals surface area (Å²) in [6.07, 6.45) is 0. The van der Waals surface area contributed by atoms with Crippen LogP contribution in [0.25, 0.3) is 10.6 Å². The smallest absolute Gasteiger partial charge is 0.355 e. The van der Waals surface area contributed by atoms with E-state index in [0.29, 0.717) is 21.4 Å². The number of aromatic carboxylic acids is 1. The SMILES string of the molecule is COc1ccc(-c2nc(C(=O)O)c(C)s2)c(OC)c1. The maximum atomic E-state index is 11.0. The van der Waals surface area contributed by atoms with Gasteiger partial charge in [-0.05, 0) is 19.1 Å². The van der Waals surface area contributed by atoms with Crippen LogP contribution < -0.4 is 9.47 Å². The van der Waals surface area contributed by atoms with Crippen molar-refractivity contribution in [2.45, 2.75) is 6.92 Å². The van der Waals surface area contributed by atoms with E-state index in [4.69, 9.17) is 14.6 Å². The summed E-state index contributed by atoms with van der Waals surface area (Å²) in [6, 6.07) is 5.34. The van der Waals surface area contributed by atoms with E-state index in [0.717, 1.165) is 5.56 Å². The average Bonchev–Trinajstić information content (AvgIpc) is 2.80. The van der Waals surface area contributed by atoms with Crippen molar-refractivity contribution in [3.8, 4) is 22.1 Å². The highest BCUT2D eigenvalue weighted by molar-refractivity contribution is 7.15. The van der Waals surface area contributed by atoms with Gasteiger partial charge in [-0.15, -0.1) is 11.3 Å². The molecule has 1 N–H and O–H groups in total. The number of carboxylic acids is 1. The van der Waals surface area contributed by atoms with Crippen LogP contribution in [0, 0.1) is 6.92 Å². The number of aromatic nitrogens is 1. The van der Waals surface area contributed by atoms with E-state index in [2.05, 4.69) is 4.98 Å². The molecular formula is C13H13NO4S. The summed E-state index contributed by atoms with van der Waals surface area (Å²) in [5.74, 6) is 0.254. The quantitative estimate of drug-likeness (QED) is 0.932. The van der Waals surface area contributed by atoms with Gasteiger partial charge in [-0.25, -0.2) is 9.78 Å². The van der Waals surface area contributed by atoms with E-state index < -0.39 is 5.97 Å². The molecule has 100 valence electrons. The number of hydrogen-bond acceptors (Lipinski definition) is 5. The van der Waals surface area contributed by atoms with E-state index in [9.17, 15) is 4.79 Å². The van der Waals surface area contributed by atoms with Crippen LogP contribution >= 0.6 is 11.3 Å². The molecular weight excluding hydrogens is 266 g/mol. The van der Waals surface area contributed by atoms with E-state index in [1.807, 2.05) is 6.07 Å². The number of aryl methyl sites for hydroxylation is 1. The standard InChI is InChI=1S/C13H13NO4S/c1-7-11(13(15)16)14-12(19-7)9-5-4-8(17-2)6-10(9)18-3/h4-6H,1-3H3,(H,15,16). The van der Waals surface area contributed by atoms with Crippen LogP contribution in [0.2, 0.25) is 0 Å². The highest BCUT2D eigenvalue weighted by atomic mass is 32.1. The van der Waals surface area contributed by atoms with Gasteiger partial charge in [0.05, 0.1) is 19.8 Å². The van der Waals surface area contributed by atoms with Crippen molar-refractivity contribution >= 4 is 17.3 Å². The van der Waals surface area contributed by atoms with Gasteiger partial charge in [0.15, 0.2) is 5.69 Å². The van der Waals surface area contributed by atoms with Crippen molar-refractivity contribution < 1.29 is 19.4 Å². The van der Waals surface area contributed by atoms with Crippen LogP contribution in [0.15, 0.2) is 18.2 Å². The predicted molar refractivity (Wildman–Crippen MR) is 72.4 cm³/mol. The lowest BCUT2D eigenvalue weighted by Crippen LogP contribution is -1.98. The molecule has 1 heterocycles. The molecule has 0 radical (unpaired) electrons. The number of rotatable bonds is 4. The molecule has 2 rings (SSSR count). The van der Waals surface area contributed by atoms with Gasteiger partial charge in [-0.3, -0.25) is 0 Å². The summed E-state index contributed by atoms with van der Waals surface area (Å²) in [4.78, 5) is 15.8. The first-order valence-electron chi connectivity index (χ1n) is 5.50. The molecule has 0 saturated heterocycles. The Hall–Kier alpha value is -2.08. The maximum Gasteiger partial charge on any atom is 0.355 e. The minimum absolute atomic E-state index is 0.0814. The summed E-state index contributed by atoms with van der Waals surface area (Å²) in [5, 5.41) is 9.65. The lowest BCUT2D eigenvalue weighted by molar-refractivity contribution is 0.0690. The molecule has 0 spiro atoms. The second-order valence-electron chi connectivity index (χ2n) is 3.80. The summed E-state index contributed by atoms with van der Waals surface area (Å²) in [6.45, 7) is 1.74. The molecule has 1 aromatic heterocycles. The van der Waals surface area contributed by atoms with E-state index in [-0.39, 0.29) is 5.69 Å². The van der Waals surface area contributed by atoms with Gasteiger partial charge in [0.2, 0.25) is 0 Å². The average molecular weight is 279 g/mol. The van der Waals surface area contributed by atoms with Gasteiger partial charge in [-0.1, -0.05) is 0 Å². The molecule has 0 saturated carbocycles. The van der Waals surface area contributed by atoms with Crippen molar-refractivity contribution in [2.24, 2.45) is 0 Å². The summed E-state index contributed by atoms with van der Waals surface area (Å²) in [7, 11) is 3.13. The lowest BCUT2D eigenvalue weighted by Gasteiger charge is -2.08. The Morgan fingerprint density at radius 1 is 1.32 bits per heavy atom. The second kappa shape index (κ2) is 5.27. The second-order valence-corrected chi connectivity index (χ2v) is 5.00. The number of nitrogens with zero attached hydrogens (tertiary/aromatic N) is 1. The van der Waals surface area contributed by atoms with Crippen molar-refractivity contribution in [3.05, 3.63) is 28.8 Å². The summed E-state index contributed by atoms with van der Waals surface area (Å²) in [5.41, 5.74) is 0.835. The van der Waals surface area contributed by atoms with Crippen molar-refractivity contribution in [3.63, 3.8) is 0 Å². The Balaban J connectivity index is 2.52. The van der Waals surface area contributed by atoms with Crippen LogP contribution in [-0.4, -0.2) is 30.3 Å². The van der Waals surface area contributed by atoms with E-state index in [1.165, 1.54) is 11.3 Å². The number of methoxy groups -OCH3 is 2. The fourth-order valence-corrected chi connectivity index (χ4v) is 2.62. The Morgan fingerprint density at radius 2 is 2.05 bits per heavy atom. The molecule has 0 fully saturated rings. The van der Waals surface area contributed by atoms with Gasteiger partial charge in [0.25, 0.3) is 0 Å². The normalized spacial score (nSPS) is 10.3. The molecule has 1 aromatic carbocycles. The van der Waals surface area contributed by atoms with Crippen molar-refractivity contribution in [2.75, 3.05) is 14.2 Å². The number of benzene rings is 1. The molecule has 5 nitrogen and oxygen atoms in total. The molecule has 0 amide bonds. The van der Waals surface area contributed by atoms with Crippen LogP contribution in [0.1, 0.15) is 15.4 Å². The summed E-state index contributed by atoms with van der Waals surface area (Å²) >= 11 is 1.33. The topological polar surface area (TPSA) is 68.7 Å². The van der Waals surface area contributed by atoms with Crippen LogP contribution in [0.3, 0.4) is 0 Å². The fraction of sp³-hybridized carbons (Fsp3) is 0.231. The lowest BCUT2D eigenvalue weighted by atomic mass is 10.2. The first-order valence-corrected chi connectivity index (χ1v) is 6.31. The van der Waals surface area contributed by atoms with Crippen molar-refractivity contribution in [1.29, 1.82) is 0 Å². The Labute approximate surface area is 114 Å². The largest absolute Gasteiger partial charge is 0.497 e. The zero-order valence-electron chi connectivity index (χ0n) is 10.8. The van der Waals surface area contributed by atoms with Gasteiger partial charge >= 0.3 is 5.97 Å². The van der Waals surface area contributed by atoms with Crippen LogP contribution in [-0.2, 0) is 0 Å². The van der Waals surface area contributed by atoms with Crippen LogP contribution in [0.5, 0.6) is 11.5 Å². The third-order valence-corrected chi connectivity index (χ3v) is 3.64. The van der Waals surface area contributed by atoms with E-state index in [1.54, 1.807) is 33.3 Å². The molecule has 0 unspecified atom stereocenters. The number of carbonyl (C=O) groups is 1. The Kier molecular flexibility index (Phi) is 3.71. The number of carboxylic acid groups (broad SMARTS) is 1. The molecule has 19 heavy (non-hydrogen) atoms. The number of ether oxygens (including phenoxy) is 2. The van der Waals surface area contributed by atoms with Gasteiger partial charge in [-0.2, -0.15) is 0 Å². The number of hydrogen-bond donors (Lipinski definition) is 1. The predicted octanol–water partition coefficient (Wildman–Crippen LogP) is 2.83. The van der Waals surface area contributed by atoms with E-state index >= 15 is 0 Å². The Morgan fingerprint density at radius 3 is 2.58 bits per heavy atom. The van der Waals surface area contributed by atoms with Crippen LogP contribution in [0.4, 0.5) is 0 Å². The molecule has 0 aliphatic carbocycles. The van der Waals surface area contributed by atoms with Gasteiger partial charge in [0.1, 0.15) is 16.5 Å². The highest BCUT2D eigenvalue weighted by Crippen LogP contribution is 2.36. The molecule has 0 atom stereocenters. The van der Waals surface area contributed by atoms with Gasteiger partial charge < -0.3 is 14.6 Å². The maximum absolute atomic E-state index is 11.0. The minimum atomic E-state index is -1.02. The third-order valence-electron chi connectivity index (χ3n) is 2.64.